The molecule has 2 rings (SSSR count). The van der Waals surface area contributed by atoms with Crippen molar-refractivity contribution in [3.05, 3.63) is 34.6 Å². The first kappa shape index (κ1) is 11.0. The zero-order valence-corrected chi connectivity index (χ0v) is 9.34. The third-order valence-electron chi connectivity index (χ3n) is 3.11. The molecule has 0 spiro atoms. The van der Waals surface area contributed by atoms with Crippen LogP contribution in [-0.4, -0.2) is 11.6 Å². The van der Waals surface area contributed by atoms with Crippen molar-refractivity contribution in [2.45, 2.75) is 32.6 Å². The first-order chi connectivity index (χ1) is 7.50. The minimum atomic E-state index is -0.652. The Morgan fingerprint density at radius 3 is 1.94 bits per heavy atom. The van der Waals surface area contributed by atoms with Gasteiger partial charge in [-0.1, -0.05) is 0 Å². The number of hydrogen-bond acceptors (Lipinski definition) is 2. The number of rotatable bonds is 1. The number of halogens is 1. The average molecular weight is 220 g/mol. The molecular weight excluding hydrogens is 207 g/mol. The van der Waals surface area contributed by atoms with Gasteiger partial charge in [0.15, 0.2) is 0 Å². The van der Waals surface area contributed by atoms with Crippen LogP contribution in [0.3, 0.4) is 0 Å². The fourth-order valence-corrected chi connectivity index (χ4v) is 2.41. The maximum Gasteiger partial charge on any atom is 0.148 e. The Bertz CT molecular complexity index is 438. The molecule has 16 heavy (non-hydrogen) atoms. The smallest absolute Gasteiger partial charge is 0.148 e. The monoisotopic (exact) mass is 220 g/mol. The molecule has 1 aromatic rings. The van der Waals surface area contributed by atoms with Crippen LogP contribution in [0.4, 0.5) is 4.39 Å². The number of carbonyl (C=O) groups excluding carboxylic acids is 2. The summed E-state index contributed by atoms with van der Waals surface area (Å²) in [6.07, 6.45) is 0.638. The van der Waals surface area contributed by atoms with Crippen LogP contribution in [0.5, 0.6) is 0 Å². The Morgan fingerprint density at radius 1 is 1.06 bits per heavy atom. The van der Waals surface area contributed by atoms with E-state index in [4.69, 9.17) is 0 Å². The number of carbonyl (C=O) groups is 2. The molecule has 2 nitrogen and oxygen atoms in total. The molecule has 1 aliphatic rings. The predicted octanol–water partition coefficient (Wildman–Crippen LogP) is 2.46. The summed E-state index contributed by atoms with van der Waals surface area (Å²) in [5, 5.41) is 0. The molecule has 1 aliphatic carbocycles. The van der Waals surface area contributed by atoms with Crippen LogP contribution in [0.25, 0.3) is 0 Å². The highest BCUT2D eigenvalue weighted by molar-refractivity contribution is 6.13. The molecule has 0 N–H and O–H groups in total. The van der Waals surface area contributed by atoms with Gasteiger partial charge in [-0.25, -0.2) is 4.39 Å². The first-order valence-electron chi connectivity index (χ1n) is 5.33. The molecule has 0 heterocycles. The van der Waals surface area contributed by atoms with Crippen molar-refractivity contribution in [2.75, 3.05) is 0 Å². The standard InChI is InChI=1S/C13H13FO2/c1-7-5-9(14)6-8(2)12(7)13-10(15)3-4-11(13)16/h5-6,13H,3-4H2,1-2H3. The molecule has 0 unspecified atom stereocenters. The van der Waals surface area contributed by atoms with Gasteiger partial charge in [0.1, 0.15) is 23.3 Å². The van der Waals surface area contributed by atoms with Crippen LogP contribution in [0.2, 0.25) is 0 Å². The normalized spacial score (nSPS) is 17.2. The lowest BCUT2D eigenvalue weighted by Crippen LogP contribution is -2.15. The van der Waals surface area contributed by atoms with Crippen LogP contribution in [0.15, 0.2) is 12.1 Å². The van der Waals surface area contributed by atoms with Gasteiger partial charge in [0.25, 0.3) is 0 Å². The number of hydrogen-bond donors (Lipinski definition) is 0. The van der Waals surface area contributed by atoms with Crippen molar-refractivity contribution in [3.8, 4) is 0 Å². The van der Waals surface area contributed by atoms with Gasteiger partial charge in [0.05, 0.1) is 0 Å². The summed E-state index contributed by atoms with van der Waals surface area (Å²) in [5.41, 5.74) is 2.08. The fraction of sp³-hybridized carbons (Fsp3) is 0.385. The molecule has 0 atom stereocenters. The van der Waals surface area contributed by atoms with E-state index in [1.165, 1.54) is 12.1 Å². The van der Waals surface area contributed by atoms with Gasteiger partial charge in [0, 0.05) is 12.8 Å². The summed E-state index contributed by atoms with van der Waals surface area (Å²) < 4.78 is 13.1. The van der Waals surface area contributed by atoms with E-state index in [1.807, 2.05) is 0 Å². The van der Waals surface area contributed by atoms with Crippen molar-refractivity contribution >= 4 is 11.6 Å². The predicted molar refractivity (Wildman–Crippen MR) is 57.9 cm³/mol. The minimum Gasteiger partial charge on any atom is -0.299 e. The third-order valence-corrected chi connectivity index (χ3v) is 3.11. The highest BCUT2D eigenvalue weighted by Gasteiger charge is 2.35. The van der Waals surface area contributed by atoms with E-state index in [0.29, 0.717) is 29.5 Å². The molecule has 3 heteroatoms. The third kappa shape index (κ3) is 1.66. The van der Waals surface area contributed by atoms with E-state index in [9.17, 15) is 14.0 Å². The number of Topliss-reactive ketones (excluding diaryl/α,β-unsaturated/α-hetero) is 2. The topological polar surface area (TPSA) is 34.1 Å². The van der Waals surface area contributed by atoms with Crippen molar-refractivity contribution in [2.24, 2.45) is 0 Å². The molecule has 0 radical (unpaired) electrons. The molecule has 0 bridgehead atoms. The summed E-state index contributed by atoms with van der Waals surface area (Å²) >= 11 is 0. The fourth-order valence-electron chi connectivity index (χ4n) is 2.41. The summed E-state index contributed by atoms with van der Waals surface area (Å²) in [6.45, 7) is 3.48. The molecule has 84 valence electrons. The lowest BCUT2D eigenvalue weighted by Gasteiger charge is -2.14. The summed E-state index contributed by atoms with van der Waals surface area (Å²) in [5.74, 6) is -1.05. The van der Waals surface area contributed by atoms with Gasteiger partial charge in [-0.15, -0.1) is 0 Å². The van der Waals surface area contributed by atoms with E-state index >= 15 is 0 Å². The van der Waals surface area contributed by atoms with E-state index < -0.39 is 5.92 Å². The lowest BCUT2D eigenvalue weighted by molar-refractivity contribution is -0.123. The van der Waals surface area contributed by atoms with Gasteiger partial charge >= 0.3 is 0 Å². The Labute approximate surface area is 93.5 Å². The highest BCUT2D eigenvalue weighted by atomic mass is 19.1. The second-order valence-corrected chi connectivity index (χ2v) is 4.32. The van der Waals surface area contributed by atoms with Crippen LogP contribution in [0, 0.1) is 19.7 Å². The Morgan fingerprint density at radius 2 is 1.50 bits per heavy atom. The average Bonchev–Trinajstić information content (AvgIpc) is 2.47. The van der Waals surface area contributed by atoms with Crippen LogP contribution < -0.4 is 0 Å². The Kier molecular flexibility index (Phi) is 2.62. The van der Waals surface area contributed by atoms with Crippen LogP contribution >= 0.6 is 0 Å². The van der Waals surface area contributed by atoms with E-state index in [-0.39, 0.29) is 17.4 Å². The first-order valence-corrected chi connectivity index (χ1v) is 5.33. The van der Waals surface area contributed by atoms with E-state index in [0.717, 1.165) is 0 Å². The van der Waals surface area contributed by atoms with Crippen molar-refractivity contribution in [1.29, 1.82) is 0 Å². The highest BCUT2D eigenvalue weighted by Crippen LogP contribution is 2.32. The van der Waals surface area contributed by atoms with Gasteiger partial charge in [-0.2, -0.15) is 0 Å². The van der Waals surface area contributed by atoms with Crippen molar-refractivity contribution in [1.82, 2.24) is 0 Å². The molecule has 0 aromatic heterocycles. The Hall–Kier alpha value is -1.51. The molecule has 1 fully saturated rings. The number of benzene rings is 1. The maximum atomic E-state index is 13.1. The van der Waals surface area contributed by atoms with Gasteiger partial charge in [-0.05, 0) is 42.7 Å². The molecule has 1 aromatic carbocycles. The maximum absolute atomic E-state index is 13.1. The lowest BCUT2D eigenvalue weighted by atomic mass is 9.88. The second-order valence-electron chi connectivity index (χ2n) is 4.32. The summed E-state index contributed by atoms with van der Waals surface area (Å²) in [7, 11) is 0. The van der Waals surface area contributed by atoms with Gasteiger partial charge in [0.2, 0.25) is 0 Å². The Balaban J connectivity index is 2.55. The van der Waals surface area contributed by atoms with Crippen LogP contribution in [0.1, 0.15) is 35.4 Å². The van der Waals surface area contributed by atoms with E-state index in [1.54, 1.807) is 13.8 Å². The quantitative estimate of drug-likeness (QED) is 0.681. The van der Waals surface area contributed by atoms with Gasteiger partial charge in [-0.3, -0.25) is 9.59 Å². The van der Waals surface area contributed by atoms with Crippen molar-refractivity contribution < 1.29 is 14.0 Å². The zero-order chi connectivity index (χ0) is 11.9. The van der Waals surface area contributed by atoms with Crippen molar-refractivity contribution in [3.63, 3.8) is 0 Å². The summed E-state index contributed by atoms with van der Waals surface area (Å²) in [6, 6.07) is 2.75. The molecule has 1 saturated carbocycles. The number of ketones is 2. The molecular formula is C13H13FO2. The number of aryl methyl sites for hydroxylation is 2. The molecule has 0 saturated heterocycles. The minimum absolute atomic E-state index is 0.0391. The van der Waals surface area contributed by atoms with Gasteiger partial charge < -0.3 is 0 Å². The second kappa shape index (κ2) is 3.81. The van der Waals surface area contributed by atoms with E-state index in [2.05, 4.69) is 0 Å². The van der Waals surface area contributed by atoms with Crippen LogP contribution in [-0.2, 0) is 9.59 Å². The zero-order valence-electron chi connectivity index (χ0n) is 9.34. The molecule has 0 amide bonds. The molecule has 0 aliphatic heterocycles. The SMILES string of the molecule is Cc1cc(F)cc(C)c1C1C(=O)CCC1=O. The largest absolute Gasteiger partial charge is 0.299 e. The summed E-state index contributed by atoms with van der Waals surface area (Å²) in [4.78, 5) is 23.3.